The van der Waals surface area contributed by atoms with Gasteiger partial charge in [-0.15, -0.1) is 0 Å². The molecule has 0 aliphatic rings. The molecule has 4 nitrogen and oxygen atoms in total. The van der Waals surface area contributed by atoms with E-state index >= 15 is 0 Å². The van der Waals surface area contributed by atoms with E-state index in [-0.39, 0.29) is 34.3 Å². The van der Waals surface area contributed by atoms with Crippen LogP contribution in [0, 0.1) is 41.2 Å². The van der Waals surface area contributed by atoms with E-state index in [2.05, 4.69) is 30.3 Å². The molecular weight excluding hydrogens is 462 g/mol. The summed E-state index contributed by atoms with van der Waals surface area (Å²) in [7, 11) is 0. The molecule has 0 bridgehead atoms. The first-order valence-electron chi connectivity index (χ1n) is 11.0. The molecule has 0 unspecified atom stereocenters. The number of esters is 2. The topological polar surface area (TPSA) is 52.6 Å². The van der Waals surface area contributed by atoms with Crippen LogP contribution >= 0.6 is 0 Å². The first-order chi connectivity index (χ1) is 17.2. The van der Waals surface area contributed by atoms with Gasteiger partial charge in [-0.25, -0.2) is 13.6 Å². The second-order valence-corrected chi connectivity index (χ2v) is 8.05. The van der Waals surface area contributed by atoms with Crippen molar-refractivity contribution in [1.82, 2.24) is 0 Å². The number of carbonyl (C=O) groups is 2. The summed E-state index contributed by atoms with van der Waals surface area (Å²) in [5.41, 5.74) is 0.773. The van der Waals surface area contributed by atoms with Gasteiger partial charge in [0.05, 0.1) is 22.6 Å². The van der Waals surface area contributed by atoms with Crippen molar-refractivity contribution in [1.29, 1.82) is 0 Å². The zero-order chi connectivity index (χ0) is 26.2. The highest BCUT2D eigenvalue weighted by molar-refractivity contribution is 5.89. The highest BCUT2D eigenvalue weighted by atomic mass is 19.2. The Morgan fingerprint density at radius 2 is 1.33 bits per heavy atom. The normalized spacial score (nSPS) is 9.94. The maximum absolute atomic E-state index is 14.7. The molecule has 3 rings (SSSR count). The van der Waals surface area contributed by atoms with E-state index in [1.807, 2.05) is 0 Å². The summed E-state index contributed by atoms with van der Waals surface area (Å²) in [6.07, 6.45) is 0. The number of hydrogen-bond acceptors (Lipinski definition) is 4. The van der Waals surface area contributed by atoms with Crippen molar-refractivity contribution in [2.24, 2.45) is 5.92 Å². The molecule has 36 heavy (non-hydrogen) atoms. The highest BCUT2D eigenvalue weighted by Gasteiger charge is 2.12. The van der Waals surface area contributed by atoms with Crippen molar-refractivity contribution in [3.05, 3.63) is 107 Å². The largest absolute Gasteiger partial charge is 0.426 e. The third kappa shape index (κ3) is 6.68. The smallest absolute Gasteiger partial charge is 0.338 e. The Morgan fingerprint density at radius 1 is 0.778 bits per heavy atom. The van der Waals surface area contributed by atoms with E-state index in [9.17, 15) is 18.4 Å². The molecule has 0 saturated heterocycles. The van der Waals surface area contributed by atoms with Gasteiger partial charge in [-0.2, -0.15) is 0 Å². The zero-order valence-electron chi connectivity index (χ0n) is 19.9. The molecule has 180 valence electrons. The number of halogens is 2. The lowest BCUT2D eigenvalue weighted by Gasteiger charge is -2.06. The second-order valence-electron chi connectivity index (χ2n) is 8.05. The molecule has 0 aliphatic carbocycles. The fourth-order valence-electron chi connectivity index (χ4n) is 2.70. The Kier molecular flexibility index (Phi) is 8.39. The van der Waals surface area contributed by atoms with Crippen LogP contribution < -0.4 is 9.47 Å². The van der Waals surface area contributed by atoms with Crippen molar-refractivity contribution in [2.45, 2.75) is 20.8 Å². The molecule has 0 fully saturated rings. The molecule has 6 heteroatoms. The van der Waals surface area contributed by atoms with Gasteiger partial charge in [0.2, 0.25) is 0 Å². The average molecular weight is 484 g/mol. The highest BCUT2D eigenvalue weighted by Crippen LogP contribution is 2.20. The van der Waals surface area contributed by atoms with Gasteiger partial charge in [-0.3, -0.25) is 4.79 Å². The molecule has 0 N–H and O–H groups in total. The number of carbonyl (C=O) groups excluding carboxylic acids is 2. The third-order valence-corrected chi connectivity index (χ3v) is 4.74. The van der Waals surface area contributed by atoms with Gasteiger partial charge < -0.3 is 9.47 Å². The van der Waals surface area contributed by atoms with E-state index < -0.39 is 17.6 Å². The maximum Gasteiger partial charge on any atom is 0.338 e. The lowest BCUT2D eigenvalue weighted by Crippen LogP contribution is -2.14. The Morgan fingerprint density at radius 3 is 1.92 bits per heavy atom. The van der Waals surface area contributed by atoms with Gasteiger partial charge in [0.25, 0.3) is 0 Å². The van der Waals surface area contributed by atoms with Crippen LogP contribution in [0.2, 0.25) is 0 Å². The number of hydrogen-bond donors (Lipinski definition) is 0. The summed E-state index contributed by atoms with van der Waals surface area (Å²) in [6, 6.07) is 15.5. The maximum atomic E-state index is 14.7. The Hall–Kier alpha value is -4.68. The predicted octanol–water partition coefficient (Wildman–Crippen LogP) is 5.81. The van der Waals surface area contributed by atoms with Crippen molar-refractivity contribution in [3.8, 4) is 35.2 Å². The van der Waals surface area contributed by atoms with Crippen LogP contribution in [0.1, 0.15) is 43.0 Å². The molecular formula is C30H22F2O4. The minimum absolute atomic E-state index is 0.135. The van der Waals surface area contributed by atoms with Crippen LogP contribution in [0.25, 0.3) is 0 Å². The summed E-state index contributed by atoms with van der Waals surface area (Å²) in [5, 5.41) is 0. The molecule has 0 heterocycles. The van der Waals surface area contributed by atoms with Crippen LogP contribution in [-0.4, -0.2) is 11.9 Å². The Labute approximate surface area is 208 Å². The second kappa shape index (κ2) is 11.6. The predicted molar refractivity (Wildman–Crippen MR) is 132 cm³/mol. The van der Waals surface area contributed by atoms with Crippen molar-refractivity contribution in [3.63, 3.8) is 0 Å². The van der Waals surface area contributed by atoms with Crippen molar-refractivity contribution < 1.29 is 27.8 Å². The van der Waals surface area contributed by atoms with Gasteiger partial charge >= 0.3 is 11.9 Å². The molecule has 0 saturated carbocycles. The molecule has 0 aliphatic heterocycles. The van der Waals surface area contributed by atoms with Gasteiger partial charge in [0.1, 0.15) is 11.5 Å². The first kappa shape index (κ1) is 25.9. The molecule has 0 radical (unpaired) electrons. The van der Waals surface area contributed by atoms with Gasteiger partial charge in [0, 0.05) is 11.1 Å². The van der Waals surface area contributed by atoms with Gasteiger partial charge in [-0.05, 0) is 55.5 Å². The molecule has 0 aromatic heterocycles. The minimum Gasteiger partial charge on any atom is -0.426 e. The van der Waals surface area contributed by atoms with Gasteiger partial charge in [-0.1, -0.05) is 56.2 Å². The van der Waals surface area contributed by atoms with E-state index in [1.165, 1.54) is 19.1 Å². The number of benzene rings is 3. The lowest BCUT2D eigenvalue weighted by atomic mass is 10.1. The van der Waals surface area contributed by atoms with Crippen LogP contribution in [0.3, 0.4) is 0 Å². The molecule has 3 aromatic carbocycles. The Balaban J connectivity index is 1.80. The fraction of sp³-hybridized carbons (Fsp3) is 0.133. The number of rotatable bonds is 4. The van der Waals surface area contributed by atoms with Crippen LogP contribution in [0.4, 0.5) is 8.78 Å². The lowest BCUT2D eigenvalue weighted by molar-refractivity contribution is -0.137. The average Bonchev–Trinajstić information content (AvgIpc) is 2.85. The first-order valence-corrected chi connectivity index (χ1v) is 11.0. The summed E-state index contributed by atoms with van der Waals surface area (Å²) >= 11 is 0. The van der Waals surface area contributed by atoms with E-state index in [1.54, 1.807) is 62.4 Å². The van der Waals surface area contributed by atoms with Crippen LogP contribution in [0.15, 0.2) is 72.8 Å². The van der Waals surface area contributed by atoms with Crippen LogP contribution in [-0.2, 0) is 9.59 Å². The van der Waals surface area contributed by atoms with Crippen molar-refractivity contribution >= 4 is 11.9 Å². The summed E-state index contributed by atoms with van der Waals surface area (Å²) in [5.74, 6) is 7.71. The van der Waals surface area contributed by atoms with E-state index in [0.29, 0.717) is 16.9 Å². The fourth-order valence-corrected chi connectivity index (χ4v) is 2.70. The molecule has 0 amide bonds. The summed E-state index contributed by atoms with van der Waals surface area (Å²) < 4.78 is 39.7. The van der Waals surface area contributed by atoms with Crippen molar-refractivity contribution in [2.75, 3.05) is 0 Å². The minimum atomic E-state index is -1.14. The summed E-state index contributed by atoms with van der Waals surface area (Å²) in [4.78, 5) is 23.5. The third-order valence-electron chi connectivity index (χ3n) is 4.74. The zero-order valence-corrected chi connectivity index (χ0v) is 19.9. The van der Waals surface area contributed by atoms with Crippen LogP contribution in [0.5, 0.6) is 11.5 Å². The molecule has 0 atom stereocenters. The molecule has 0 spiro atoms. The van der Waals surface area contributed by atoms with E-state index in [4.69, 9.17) is 9.47 Å². The quantitative estimate of drug-likeness (QED) is 0.203. The van der Waals surface area contributed by atoms with Gasteiger partial charge in [0.15, 0.2) is 11.6 Å². The monoisotopic (exact) mass is 484 g/mol. The van der Waals surface area contributed by atoms with E-state index in [0.717, 1.165) is 0 Å². The number of ether oxygens (including phenoxy) is 2. The standard InChI is InChI=1S/C30H22F2O4/c1-19(2)29(33)35-25-17-10-21(11-18-25)9-12-23-15-16-24(28(32)27(23)31)14-13-22-7-5-6-8-26(22)36-30(34)20(3)4/h5-8,10-11,15-19H,3H2,1-2,4H3. The summed E-state index contributed by atoms with van der Waals surface area (Å²) in [6.45, 7) is 8.50. The molecule has 3 aromatic rings. The number of para-hydroxylation sites is 1. The SMILES string of the molecule is C=C(C)C(=O)Oc1ccccc1C#Cc1ccc(C#Cc2ccc(OC(=O)C(C)C)cc2)c(F)c1F. The Bertz CT molecular complexity index is 1450.